The van der Waals surface area contributed by atoms with Crippen molar-refractivity contribution in [3.8, 4) is 23.0 Å². The standard InChI is InChI=1S/C29H37N3O6/c1-20-18-36-23-8-4-3-7-22(23)27(33)30-12-6-5-9-29(28(34)31-20)10-13-32(14-11-29)17-21-15-24(35-2)26-25(16-21)37-19-38-26/h3-4,7-8,15-16,20H,5-6,9-14,17-19H2,1-2H3,(H,30,33)(H,31,34)/t20-/m1/s1. The van der Waals surface area contributed by atoms with E-state index < -0.39 is 5.41 Å². The molecule has 0 bridgehead atoms. The van der Waals surface area contributed by atoms with Crippen LogP contribution in [0.5, 0.6) is 23.0 Å². The summed E-state index contributed by atoms with van der Waals surface area (Å²) in [6.07, 6.45) is 4.05. The highest BCUT2D eigenvalue weighted by molar-refractivity contribution is 5.96. The summed E-state index contributed by atoms with van der Waals surface area (Å²) in [7, 11) is 1.63. The van der Waals surface area contributed by atoms with E-state index in [2.05, 4.69) is 15.5 Å². The molecule has 9 nitrogen and oxygen atoms in total. The van der Waals surface area contributed by atoms with Crippen molar-refractivity contribution in [1.82, 2.24) is 15.5 Å². The molecule has 0 unspecified atom stereocenters. The Morgan fingerprint density at radius 3 is 2.66 bits per heavy atom. The molecule has 0 aliphatic carbocycles. The number of benzene rings is 2. The third-order valence-corrected chi connectivity index (χ3v) is 7.78. The van der Waals surface area contributed by atoms with Crippen LogP contribution >= 0.6 is 0 Å². The molecular formula is C29H37N3O6. The molecule has 0 aromatic heterocycles. The van der Waals surface area contributed by atoms with E-state index in [-0.39, 0.29) is 24.6 Å². The highest BCUT2D eigenvalue weighted by atomic mass is 16.7. The van der Waals surface area contributed by atoms with E-state index in [0.29, 0.717) is 41.7 Å². The summed E-state index contributed by atoms with van der Waals surface area (Å²) >= 11 is 0. The number of carbonyl (C=O) groups excluding carboxylic acids is 2. The number of likely N-dealkylation sites (tertiary alicyclic amines) is 1. The van der Waals surface area contributed by atoms with Gasteiger partial charge in [-0.25, -0.2) is 0 Å². The maximum absolute atomic E-state index is 13.6. The molecule has 2 aromatic rings. The van der Waals surface area contributed by atoms with Gasteiger partial charge in [-0.15, -0.1) is 0 Å². The Kier molecular flexibility index (Phi) is 7.93. The second-order valence-electron chi connectivity index (χ2n) is 10.5. The van der Waals surface area contributed by atoms with Gasteiger partial charge in [0, 0.05) is 13.1 Å². The summed E-state index contributed by atoms with van der Waals surface area (Å²) in [5.74, 6) is 2.56. The zero-order valence-electron chi connectivity index (χ0n) is 22.2. The molecule has 38 heavy (non-hydrogen) atoms. The Balaban J connectivity index is 1.25. The molecule has 9 heteroatoms. The molecule has 1 saturated heterocycles. The lowest BCUT2D eigenvalue weighted by Gasteiger charge is -2.41. The number of amides is 2. The number of para-hydroxylation sites is 1. The molecule has 2 N–H and O–H groups in total. The fourth-order valence-electron chi connectivity index (χ4n) is 5.56. The highest BCUT2D eigenvalue weighted by Crippen LogP contribution is 2.43. The summed E-state index contributed by atoms with van der Waals surface area (Å²) in [5.41, 5.74) is 1.19. The minimum atomic E-state index is -0.427. The number of rotatable bonds is 3. The van der Waals surface area contributed by atoms with Crippen LogP contribution < -0.4 is 29.6 Å². The van der Waals surface area contributed by atoms with Gasteiger partial charge in [-0.1, -0.05) is 18.6 Å². The quantitative estimate of drug-likeness (QED) is 0.635. The number of nitrogens with one attached hydrogen (secondary N) is 2. The number of methoxy groups -OCH3 is 1. The average Bonchev–Trinajstić information content (AvgIpc) is 3.40. The van der Waals surface area contributed by atoms with Crippen molar-refractivity contribution in [3.05, 3.63) is 47.5 Å². The predicted octanol–water partition coefficient (Wildman–Crippen LogP) is 3.50. The number of hydrogen-bond acceptors (Lipinski definition) is 7. The van der Waals surface area contributed by atoms with E-state index in [1.165, 1.54) is 0 Å². The van der Waals surface area contributed by atoms with E-state index in [1.54, 1.807) is 19.2 Å². The van der Waals surface area contributed by atoms with E-state index in [0.717, 1.165) is 57.3 Å². The number of hydrogen-bond donors (Lipinski definition) is 2. The van der Waals surface area contributed by atoms with E-state index >= 15 is 0 Å². The van der Waals surface area contributed by atoms with Crippen LogP contribution in [0.1, 0.15) is 54.9 Å². The first kappa shape index (κ1) is 26.2. The summed E-state index contributed by atoms with van der Waals surface area (Å²) in [5, 5.41) is 6.22. The lowest BCUT2D eigenvalue weighted by atomic mass is 9.73. The fraction of sp³-hybridized carbons (Fsp3) is 0.517. The van der Waals surface area contributed by atoms with Crippen LogP contribution in [0.15, 0.2) is 36.4 Å². The number of nitrogens with zero attached hydrogens (tertiary/aromatic N) is 1. The lowest BCUT2D eigenvalue weighted by Crippen LogP contribution is -2.51. The Hall–Kier alpha value is -3.46. The molecule has 0 radical (unpaired) electrons. The fourth-order valence-corrected chi connectivity index (χ4v) is 5.56. The second-order valence-corrected chi connectivity index (χ2v) is 10.5. The van der Waals surface area contributed by atoms with E-state index in [9.17, 15) is 9.59 Å². The Morgan fingerprint density at radius 1 is 1.03 bits per heavy atom. The molecule has 3 aliphatic rings. The first-order valence-electron chi connectivity index (χ1n) is 13.5. The van der Waals surface area contributed by atoms with Crippen LogP contribution in [0.25, 0.3) is 0 Å². The molecule has 3 aliphatic heterocycles. The lowest BCUT2D eigenvalue weighted by molar-refractivity contribution is -0.135. The molecule has 2 amide bonds. The number of ether oxygens (including phenoxy) is 4. The van der Waals surface area contributed by atoms with Crippen molar-refractivity contribution in [2.75, 3.05) is 40.1 Å². The third kappa shape index (κ3) is 5.67. The highest BCUT2D eigenvalue weighted by Gasteiger charge is 2.41. The van der Waals surface area contributed by atoms with Gasteiger partial charge in [-0.3, -0.25) is 14.5 Å². The van der Waals surface area contributed by atoms with Crippen LogP contribution in [-0.4, -0.2) is 62.9 Å². The largest absolute Gasteiger partial charge is 0.493 e. The Morgan fingerprint density at radius 2 is 1.84 bits per heavy atom. The Labute approximate surface area is 223 Å². The van der Waals surface area contributed by atoms with Gasteiger partial charge in [-0.05, 0) is 75.5 Å². The number of piperidine rings is 1. The van der Waals surface area contributed by atoms with Gasteiger partial charge in [0.1, 0.15) is 12.4 Å². The third-order valence-electron chi connectivity index (χ3n) is 7.78. The van der Waals surface area contributed by atoms with Crippen LogP contribution in [0.2, 0.25) is 0 Å². The molecule has 1 spiro atoms. The van der Waals surface area contributed by atoms with Crippen LogP contribution in [0.3, 0.4) is 0 Å². The summed E-state index contributed by atoms with van der Waals surface area (Å²) < 4.78 is 22.6. The van der Waals surface area contributed by atoms with Gasteiger partial charge in [0.05, 0.1) is 24.1 Å². The molecule has 0 saturated carbocycles. The van der Waals surface area contributed by atoms with Gasteiger partial charge in [0.25, 0.3) is 5.91 Å². The number of fused-ring (bicyclic) bond motifs is 2. The molecule has 5 rings (SSSR count). The topological polar surface area (TPSA) is 98.4 Å². The minimum Gasteiger partial charge on any atom is -0.493 e. The molecule has 2 aromatic carbocycles. The minimum absolute atomic E-state index is 0.104. The van der Waals surface area contributed by atoms with Crippen molar-refractivity contribution in [1.29, 1.82) is 0 Å². The van der Waals surface area contributed by atoms with Crippen molar-refractivity contribution in [3.63, 3.8) is 0 Å². The Bertz CT molecular complexity index is 1160. The van der Waals surface area contributed by atoms with Crippen LogP contribution in [-0.2, 0) is 11.3 Å². The molecule has 1 fully saturated rings. The smallest absolute Gasteiger partial charge is 0.255 e. The molecule has 3 heterocycles. The zero-order valence-corrected chi connectivity index (χ0v) is 22.2. The van der Waals surface area contributed by atoms with Gasteiger partial charge >= 0.3 is 0 Å². The van der Waals surface area contributed by atoms with Gasteiger partial charge in [0.15, 0.2) is 11.5 Å². The summed E-state index contributed by atoms with van der Waals surface area (Å²) in [6, 6.07) is 11.1. The first-order valence-corrected chi connectivity index (χ1v) is 13.5. The van der Waals surface area contributed by atoms with Crippen LogP contribution in [0.4, 0.5) is 0 Å². The summed E-state index contributed by atoms with van der Waals surface area (Å²) in [6.45, 7) is 5.40. The maximum atomic E-state index is 13.6. The van der Waals surface area contributed by atoms with Crippen molar-refractivity contribution in [2.45, 2.75) is 51.6 Å². The van der Waals surface area contributed by atoms with E-state index in [1.807, 2.05) is 31.2 Å². The first-order chi connectivity index (χ1) is 18.5. The maximum Gasteiger partial charge on any atom is 0.255 e. The molecular weight excluding hydrogens is 486 g/mol. The van der Waals surface area contributed by atoms with Gasteiger partial charge in [0.2, 0.25) is 18.4 Å². The van der Waals surface area contributed by atoms with Crippen LogP contribution in [0, 0.1) is 5.41 Å². The summed E-state index contributed by atoms with van der Waals surface area (Å²) in [4.78, 5) is 28.7. The molecule has 204 valence electrons. The van der Waals surface area contributed by atoms with Crippen molar-refractivity contribution in [2.24, 2.45) is 5.41 Å². The zero-order chi connectivity index (χ0) is 26.5. The SMILES string of the molecule is COc1cc(CN2CCC3(CCCCNC(=O)c4ccccc4OC[C@@H](C)NC3=O)CC2)cc2c1OCO2. The van der Waals surface area contributed by atoms with Gasteiger partial charge < -0.3 is 29.6 Å². The van der Waals surface area contributed by atoms with Crippen molar-refractivity contribution < 1.29 is 28.5 Å². The second kappa shape index (κ2) is 11.5. The average molecular weight is 524 g/mol. The van der Waals surface area contributed by atoms with Gasteiger partial charge in [-0.2, -0.15) is 0 Å². The van der Waals surface area contributed by atoms with Crippen molar-refractivity contribution >= 4 is 11.8 Å². The predicted molar refractivity (Wildman–Crippen MR) is 142 cm³/mol. The number of carbonyl (C=O) groups is 2. The van der Waals surface area contributed by atoms with E-state index in [4.69, 9.17) is 18.9 Å². The molecule has 1 atom stereocenters. The normalized spacial score (nSPS) is 22.0. The monoisotopic (exact) mass is 523 g/mol.